The summed E-state index contributed by atoms with van der Waals surface area (Å²) in [6.45, 7) is 2.99. The van der Waals surface area contributed by atoms with E-state index in [9.17, 15) is 0 Å². The average Bonchev–Trinajstić information content (AvgIpc) is 3.09. The lowest BCUT2D eigenvalue weighted by molar-refractivity contribution is 0.593. The van der Waals surface area contributed by atoms with Crippen molar-refractivity contribution in [1.82, 2.24) is 20.0 Å². The standard InChI is InChI=1S/C21H27N5/c1-17(11-12-18-8-4-3-5-9-18)24-21(22-2)23-14-13-19-16-26-15-7-6-10-20(26)25-19/h3-10,15-17H,11-14H2,1-2H3,(H2,22,23,24). The van der Waals surface area contributed by atoms with E-state index in [2.05, 4.69) is 64.1 Å². The van der Waals surface area contributed by atoms with Gasteiger partial charge in [-0.05, 0) is 37.5 Å². The fraction of sp³-hybridized carbons (Fsp3) is 0.333. The van der Waals surface area contributed by atoms with E-state index in [1.807, 2.05) is 35.8 Å². The molecule has 3 aromatic rings. The maximum absolute atomic E-state index is 4.62. The van der Waals surface area contributed by atoms with Crippen molar-refractivity contribution in [3.63, 3.8) is 0 Å². The van der Waals surface area contributed by atoms with Gasteiger partial charge in [-0.2, -0.15) is 0 Å². The largest absolute Gasteiger partial charge is 0.356 e. The number of aromatic nitrogens is 2. The van der Waals surface area contributed by atoms with Gasteiger partial charge >= 0.3 is 0 Å². The normalized spacial score (nSPS) is 12.9. The number of guanidine groups is 1. The smallest absolute Gasteiger partial charge is 0.191 e. The van der Waals surface area contributed by atoms with Crippen LogP contribution < -0.4 is 10.6 Å². The van der Waals surface area contributed by atoms with Gasteiger partial charge in [-0.1, -0.05) is 36.4 Å². The van der Waals surface area contributed by atoms with Crippen molar-refractivity contribution >= 4 is 11.6 Å². The molecule has 5 nitrogen and oxygen atoms in total. The average molecular weight is 349 g/mol. The molecule has 0 spiro atoms. The highest BCUT2D eigenvalue weighted by atomic mass is 15.2. The molecule has 1 unspecified atom stereocenters. The van der Waals surface area contributed by atoms with Gasteiger partial charge in [0.1, 0.15) is 5.65 Å². The summed E-state index contributed by atoms with van der Waals surface area (Å²) in [6, 6.07) is 17.0. The lowest BCUT2D eigenvalue weighted by Crippen LogP contribution is -2.43. The van der Waals surface area contributed by atoms with Gasteiger partial charge < -0.3 is 15.0 Å². The van der Waals surface area contributed by atoms with Crippen LogP contribution in [0.15, 0.2) is 65.9 Å². The minimum atomic E-state index is 0.358. The minimum Gasteiger partial charge on any atom is -0.356 e. The molecule has 136 valence electrons. The van der Waals surface area contributed by atoms with Crippen LogP contribution in [0.4, 0.5) is 0 Å². The zero-order valence-electron chi connectivity index (χ0n) is 15.5. The predicted octanol–water partition coefficient (Wildman–Crippen LogP) is 3.06. The molecule has 3 rings (SSSR count). The van der Waals surface area contributed by atoms with Crippen LogP contribution in [-0.2, 0) is 12.8 Å². The van der Waals surface area contributed by atoms with Crippen LogP contribution in [0.1, 0.15) is 24.6 Å². The third-order valence-corrected chi connectivity index (χ3v) is 4.40. The summed E-state index contributed by atoms with van der Waals surface area (Å²) in [5.74, 6) is 0.842. The molecule has 0 saturated heterocycles. The van der Waals surface area contributed by atoms with E-state index in [4.69, 9.17) is 0 Å². The third-order valence-electron chi connectivity index (χ3n) is 4.40. The van der Waals surface area contributed by atoms with E-state index in [0.29, 0.717) is 6.04 Å². The quantitative estimate of drug-likeness (QED) is 0.509. The van der Waals surface area contributed by atoms with Gasteiger partial charge in [0.05, 0.1) is 5.69 Å². The van der Waals surface area contributed by atoms with Crippen LogP contribution >= 0.6 is 0 Å². The molecule has 0 saturated carbocycles. The molecule has 0 aliphatic heterocycles. The van der Waals surface area contributed by atoms with Gasteiger partial charge in [-0.25, -0.2) is 4.98 Å². The molecule has 5 heteroatoms. The van der Waals surface area contributed by atoms with E-state index in [-0.39, 0.29) is 0 Å². The zero-order valence-corrected chi connectivity index (χ0v) is 15.5. The number of aliphatic imine (C=N–C) groups is 1. The molecule has 0 aliphatic rings. The Balaban J connectivity index is 1.42. The molecule has 2 N–H and O–H groups in total. The van der Waals surface area contributed by atoms with Crippen molar-refractivity contribution in [3.05, 3.63) is 72.2 Å². The second kappa shape index (κ2) is 9.04. The number of nitrogens with one attached hydrogen (secondary N) is 2. The molecule has 1 atom stereocenters. The molecular formula is C21H27N5. The molecule has 2 heterocycles. The Morgan fingerprint density at radius 2 is 1.92 bits per heavy atom. The minimum absolute atomic E-state index is 0.358. The highest BCUT2D eigenvalue weighted by Crippen LogP contribution is 2.06. The Bertz CT molecular complexity index is 805. The maximum Gasteiger partial charge on any atom is 0.191 e. The number of benzene rings is 1. The second-order valence-corrected chi connectivity index (χ2v) is 6.52. The summed E-state index contributed by atoms with van der Waals surface area (Å²) in [7, 11) is 1.81. The van der Waals surface area contributed by atoms with Gasteiger partial charge in [0.15, 0.2) is 5.96 Å². The maximum atomic E-state index is 4.62. The monoisotopic (exact) mass is 349 g/mol. The molecule has 26 heavy (non-hydrogen) atoms. The second-order valence-electron chi connectivity index (χ2n) is 6.52. The van der Waals surface area contributed by atoms with E-state index in [0.717, 1.165) is 43.1 Å². The van der Waals surface area contributed by atoms with Crippen molar-refractivity contribution in [1.29, 1.82) is 0 Å². The lowest BCUT2D eigenvalue weighted by atomic mass is 10.1. The van der Waals surface area contributed by atoms with E-state index < -0.39 is 0 Å². The molecule has 0 aliphatic carbocycles. The zero-order chi connectivity index (χ0) is 18.2. The highest BCUT2D eigenvalue weighted by molar-refractivity contribution is 5.79. The SMILES string of the molecule is CN=C(NCCc1cn2ccccc2n1)NC(C)CCc1ccccc1. The summed E-state index contributed by atoms with van der Waals surface area (Å²) in [5, 5.41) is 6.84. The summed E-state index contributed by atoms with van der Waals surface area (Å²) >= 11 is 0. The number of hydrogen-bond acceptors (Lipinski definition) is 2. The fourth-order valence-electron chi connectivity index (χ4n) is 2.94. The molecular weight excluding hydrogens is 322 g/mol. The van der Waals surface area contributed by atoms with Gasteiger partial charge in [0, 0.05) is 38.4 Å². The fourth-order valence-corrected chi connectivity index (χ4v) is 2.94. The van der Waals surface area contributed by atoms with E-state index >= 15 is 0 Å². The van der Waals surface area contributed by atoms with Crippen LogP contribution in [0.3, 0.4) is 0 Å². The first-order valence-electron chi connectivity index (χ1n) is 9.18. The number of fused-ring (bicyclic) bond motifs is 1. The van der Waals surface area contributed by atoms with E-state index in [1.165, 1.54) is 5.56 Å². The summed E-state index contributed by atoms with van der Waals surface area (Å²) in [4.78, 5) is 8.95. The predicted molar refractivity (Wildman–Crippen MR) is 108 cm³/mol. The summed E-state index contributed by atoms with van der Waals surface area (Å²) in [5.41, 5.74) is 3.44. The number of hydrogen-bond donors (Lipinski definition) is 2. The van der Waals surface area contributed by atoms with Crippen LogP contribution in [0.25, 0.3) is 5.65 Å². The van der Waals surface area contributed by atoms with Crippen LogP contribution in [0.5, 0.6) is 0 Å². The number of imidazole rings is 1. The Kier molecular flexibility index (Phi) is 6.25. The van der Waals surface area contributed by atoms with Gasteiger partial charge in [0.25, 0.3) is 0 Å². The van der Waals surface area contributed by atoms with Crippen molar-refractivity contribution in [2.24, 2.45) is 4.99 Å². The molecule has 0 bridgehead atoms. The van der Waals surface area contributed by atoms with Crippen molar-refractivity contribution in [2.45, 2.75) is 32.2 Å². The Morgan fingerprint density at radius 1 is 1.12 bits per heavy atom. The molecule has 0 fully saturated rings. The van der Waals surface area contributed by atoms with Crippen molar-refractivity contribution in [2.75, 3.05) is 13.6 Å². The Hall–Kier alpha value is -2.82. The number of nitrogens with zero attached hydrogens (tertiary/aromatic N) is 3. The number of aryl methyl sites for hydroxylation is 1. The first-order valence-corrected chi connectivity index (χ1v) is 9.18. The van der Waals surface area contributed by atoms with Crippen LogP contribution in [0.2, 0.25) is 0 Å². The molecule has 2 aromatic heterocycles. The lowest BCUT2D eigenvalue weighted by Gasteiger charge is -2.17. The molecule has 0 amide bonds. The number of pyridine rings is 1. The molecule has 1 aromatic carbocycles. The van der Waals surface area contributed by atoms with E-state index in [1.54, 1.807) is 0 Å². The third kappa shape index (κ3) is 5.09. The summed E-state index contributed by atoms with van der Waals surface area (Å²) < 4.78 is 2.05. The van der Waals surface area contributed by atoms with Crippen molar-refractivity contribution in [3.8, 4) is 0 Å². The van der Waals surface area contributed by atoms with Gasteiger partial charge in [-0.3, -0.25) is 4.99 Å². The summed E-state index contributed by atoms with van der Waals surface area (Å²) in [6.07, 6.45) is 7.09. The molecule has 0 radical (unpaired) electrons. The first kappa shape index (κ1) is 18.0. The van der Waals surface area contributed by atoms with Gasteiger partial charge in [-0.15, -0.1) is 0 Å². The number of rotatable bonds is 7. The first-order chi connectivity index (χ1) is 12.7. The topological polar surface area (TPSA) is 53.7 Å². The van der Waals surface area contributed by atoms with Crippen LogP contribution in [-0.4, -0.2) is 35.0 Å². The highest BCUT2D eigenvalue weighted by Gasteiger charge is 2.06. The Morgan fingerprint density at radius 3 is 2.69 bits per heavy atom. The van der Waals surface area contributed by atoms with Gasteiger partial charge in [0.2, 0.25) is 0 Å². The van der Waals surface area contributed by atoms with Crippen molar-refractivity contribution < 1.29 is 0 Å². The Labute approximate surface area is 155 Å². The van der Waals surface area contributed by atoms with Crippen LogP contribution in [0, 0.1) is 0 Å².